The number of carbonyl (C=O) groups is 1. The van der Waals surface area contributed by atoms with E-state index in [9.17, 15) is 9.00 Å². The molecule has 0 spiro atoms. The van der Waals surface area contributed by atoms with Gasteiger partial charge in [-0.05, 0) is 19.1 Å². The molecule has 0 aliphatic heterocycles. The predicted octanol–water partition coefficient (Wildman–Crippen LogP) is 1.06. The van der Waals surface area contributed by atoms with Crippen molar-refractivity contribution in [2.75, 3.05) is 12.8 Å². The Labute approximate surface area is 107 Å². The van der Waals surface area contributed by atoms with Crippen molar-refractivity contribution in [3.05, 3.63) is 30.0 Å². The Morgan fingerprint density at radius 1 is 1.56 bits per heavy atom. The van der Waals surface area contributed by atoms with Gasteiger partial charge in [-0.2, -0.15) is 5.10 Å². The number of nitrogens with one attached hydrogen (secondary N) is 2. The molecule has 2 unspecified atom stereocenters. The highest BCUT2D eigenvalue weighted by molar-refractivity contribution is 7.84. The van der Waals surface area contributed by atoms with Gasteiger partial charge in [0.25, 0.3) is 5.91 Å². The van der Waals surface area contributed by atoms with Crippen molar-refractivity contribution in [3.63, 3.8) is 0 Å². The average molecular weight is 265 g/mol. The fourth-order valence-electron chi connectivity index (χ4n) is 1.53. The Hall–Kier alpha value is -1.69. The number of aromatic amines is 1. The molecule has 2 rings (SSSR count). The van der Waals surface area contributed by atoms with Crippen LogP contribution in [-0.2, 0) is 10.8 Å². The second-order valence-corrected chi connectivity index (χ2v) is 5.99. The summed E-state index contributed by atoms with van der Waals surface area (Å²) in [5.74, 6) is -0.163. The molecule has 0 saturated carbocycles. The van der Waals surface area contributed by atoms with E-state index in [-0.39, 0.29) is 11.2 Å². The van der Waals surface area contributed by atoms with Gasteiger partial charge in [0, 0.05) is 39.8 Å². The maximum atomic E-state index is 11.9. The highest BCUT2D eigenvalue weighted by Crippen LogP contribution is 2.12. The van der Waals surface area contributed by atoms with Crippen LogP contribution in [0.1, 0.15) is 17.3 Å². The molecule has 0 bridgehead atoms. The molecule has 0 saturated heterocycles. The van der Waals surface area contributed by atoms with Crippen molar-refractivity contribution < 1.29 is 9.00 Å². The lowest BCUT2D eigenvalue weighted by Gasteiger charge is -2.09. The third-order valence-electron chi connectivity index (χ3n) is 2.82. The van der Waals surface area contributed by atoms with Crippen LogP contribution in [0.25, 0.3) is 10.9 Å². The summed E-state index contributed by atoms with van der Waals surface area (Å²) in [4.78, 5) is 11.9. The monoisotopic (exact) mass is 265 g/mol. The maximum absolute atomic E-state index is 11.9. The van der Waals surface area contributed by atoms with Crippen LogP contribution in [0.5, 0.6) is 0 Å². The van der Waals surface area contributed by atoms with E-state index >= 15 is 0 Å². The number of aromatic nitrogens is 2. The van der Waals surface area contributed by atoms with Crippen molar-refractivity contribution in [2.45, 2.75) is 12.2 Å². The number of fused-ring (bicyclic) bond motifs is 1. The molecule has 0 aliphatic rings. The standard InChI is InChI=1S/C12H15N3O2S/c1-8(18(2)17)6-13-12(16)9-3-4-10-7-14-15-11(10)5-9/h3-5,7-8H,6H2,1-2H3,(H,13,16)(H,14,15). The van der Waals surface area contributed by atoms with Gasteiger partial charge in [0.15, 0.2) is 0 Å². The van der Waals surface area contributed by atoms with Crippen LogP contribution >= 0.6 is 0 Å². The molecule has 6 heteroatoms. The lowest BCUT2D eigenvalue weighted by Crippen LogP contribution is -2.32. The van der Waals surface area contributed by atoms with Crippen LogP contribution in [0.4, 0.5) is 0 Å². The predicted molar refractivity (Wildman–Crippen MR) is 72.0 cm³/mol. The normalized spacial score (nSPS) is 14.3. The topological polar surface area (TPSA) is 74.8 Å². The molecule has 1 amide bonds. The van der Waals surface area contributed by atoms with E-state index in [0.717, 1.165) is 10.9 Å². The molecule has 18 heavy (non-hydrogen) atoms. The quantitative estimate of drug-likeness (QED) is 0.868. The molecule has 96 valence electrons. The van der Waals surface area contributed by atoms with Crippen molar-refractivity contribution in [2.24, 2.45) is 0 Å². The summed E-state index contributed by atoms with van der Waals surface area (Å²) in [5.41, 5.74) is 1.40. The lowest BCUT2D eigenvalue weighted by molar-refractivity contribution is 0.0954. The fourth-order valence-corrected chi connectivity index (χ4v) is 1.85. The van der Waals surface area contributed by atoms with Gasteiger partial charge in [-0.3, -0.25) is 14.1 Å². The number of nitrogens with zero attached hydrogens (tertiary/aromatic N) is 1. The minimum absolute atomic E-state index is 0.0511. The summed E-state index contributed by atoms with van der Waals surface area (Å²) in [6.07, 6.45) is 3.34. The minimum Gasteiger partial charge on any atom is -0.351 e. The fraction of sp³-hybridized carbons (Fsp3) is 0.333. The van der Waals surface area contributed by atoms with E-state index in [0.29, 0.717) is 12.1 Å². The number of rotatable bonds is 4. The summed E-state index contributed by atoms with van der Waals surface area (Å²) < 4.78 is 11.2. The first-order chi connectivity index (χ1) is 8.58. The van der Waals surface area contributed by atoms with Crippen molar-refractivity contribution in [3.8, 4) is 0 Å². The largest absolute Gasteiger partial charge is 0.351 e. The van der Waals surface area contributed by atoms with Crippen molar-refractivity contribution in [1.29, 1.82) is 0 Å². The molecular weight excluding hydrogens is 250 g/mol. The number of amides is 1. The van der Waals surface area contributed by atoms with Crippen LogP contribution in [0.2, 0.25) is 0 Å². The Morgan fingerprint density at radius 3 is 3.06 bits per heavy atom. The van der Waals surface area contributed by atoms with Gasteiger partial charge in [0.1, 0.15) is 0 Å². The van der Waals surface area contributed by atoms with Gasteiger partial charge >= 0.3 is 0 Å². The Morgan fingerprint density at radius 2 is 2.33 bits per heavy atom. The highest BCUT2D eigenvalue weighted by Gasteiger charge is 2.10. The molecule has 1 aromatic carbocycles. The second-order valence-electron chi connectivity index (χ2n) is 4.19. The van der Waals surface area contributed by atoms with Gasteiger partial charge in [-0.1, -0.05) is 6.07 Å². The van der Waals surface area contributed by atoms with E-state index in [1.54, 1.807) is 24.6 Å². The van der Waals surface area contributed by atoms with Crippen LogP contribution < -0.4 is 5.32 Å². The molecular formula is C12H15N3O2S. The van der Waals surface area contributed by atoms with E-state index in [2.05, 4.69) is 15.5 Å². The third-order valence-corrected chi connectivity index (χ3v) is 4.12. The number of benzene rings is 1. The molecule has 2 atom stereocenters. The van der Waals surface area contributed by atoms with Crippen LogP contribution in [0.3, 0.4) is 0 Å². The van der Waals surface area contributed by atoms with Crippen LogP contribution in [0.15, 0.2) is 24.4 Å². The van der Waals surface area contributed by atoms with Crippen molar-refractivity contribution >= 4 is 27.6 Å². The molecule has 0 aliphatic carbocycles. The smallest absolute Gasteiger partial charge is 0.251 e. The molecule has 2 aromatic rings. The number of hydrogen-bond donors (Lipinski definition) is 2. The van der Waals surface area contributed by atoms with Crippen molar-refractivity contribution in [1.82, 2.24) is 15.5 Å². The zero-order chi connectivity index (χ0) is 13.1. The highest BCUT2D eigenvalue weighted by atomic mass is 32.2. The van der Waals surface area contributed by atoms with Gasteiger partial charge in [-0.25, -0.2) is 0 Å². The Balaban J connectivity index is 2.06. The summed E-state index contributed by atoms with van der Waals surface area (Å²) >= 11 is 0. The number of H-pyrrole nitrogens is 1. The summed E-state index contributed by atoms with van der Waals surface area (Å²) in [5, 5.41) is 10.4. The first-order valence-corrected chi connectivity index (χ1v) is 7.23. The molecule has 2 N–H and O–H groups in total. The summed E-state index contributed by atoms with van der Waals surface area (Å²) in [6, 6.07) is 5.35. The SMILES string of the molecule is CC(CNC(=O)c1ccc2cn[nH]c2c1)S(C)=O. The van der Waals surface area contributed by atoms with Crippen LogP contribution in [-0.4, -0.2) is 38.4 Å². The van der Waals surface area contributed by atoms with Gasteiger partial charge in [0.2, 0.25) is 0 Å². The zero-order valence-electron chi connectivity index (χ0n) is 10.3. The first kappa shape index (κ1) is 12.8. The molecule has 0 radical (unpaired) electrons. The molecule has 5 nitrogen and oxygen atoms in total. The van der Waals surface area contributed by atoms with Gasteiger partial charge < -0.3 is 5.32 Å². The van der Waals surface area contributed by atoms with Gasteiger partial charge in [0.05, 0.1) is 11.7 Å². The first-order valence-electron chi connectivity index (χ1n) is 5.61. The van der Waals surface area contributed by atoms with Crippen LogP contribution in [0, 0.1) is 0 Å². The molecule has 0 fully saturated rings. The zero-order valence-corrected chi connectivity index (χ0v) is 11.1. The Bertz CT molecular complexity index is 594. The minimum atomic E-state index is -0.930. The number of hydrogen-bond acceptors (Lipinski definition) is 3. The van der Waals surface area contributed by atoms with Gasteiger partial charge in [-0.15, -0.1) is 0 Å². The summed E-state index contributed by atoms with van der Waals surface area (Å²) in [6.45, 7) is 2.25. The molecule has 1 aromatic heterocycles. The van der Waals surface area contributed by atoms with E-state index in [1.165, 1.54) is 0 Å². The third kappa shape index (κ3) is 2.76. The average Bonchev–Trinajstić information content (AvgIpc) is 2.82. The number of carbonyl (C=O) groups excluding carboxylic acids is 1. The summed E-state index contributed by atoms with van der Waals surface area (Å²) in [7, 11) is -0.930. The Kier molecular flexibility index (Phi) is 3.76. The molecule has 1 heterocycles. The lowest BCUT2D eigenvalue weighted by atomic mass is 10.1. The van der Waals surface area contributed by atoms with E-state index < -0.39 is 10.8 Å². The van der Waals surface area contributed by atoms with E-state index in [1.807, 2.05) is 13.0 Å². The maximum Gasteiger partial charge on any atom is 0.251 e. The second kappa shape index (κ2) is 5.30. The van der Waals surface area contributed by atoms with E-state index in [4.69, 9.17) is 0 Å².